The van der Waals surface area contributed by atoms with Gasteiger partial charge in [-0.05, 0) is 13.1 Å². The fourth-order valence-corrected chi connectivity index (χ4v) is 0.999. The van der Waals surface area contributed by atoms with Gasteiger partial charge in [-0.2, -0.15) is 0 Å². The summed E-state index contributed by atoms with van der Waals surface area (Å²) in [5.74, 6) is 0. The third-order valence-electron chi connectivity index (χ3n) is 1.64. The Morgan fingerprint density at radius 1 is 1.75 bits per heavy atom. The summed E-state index contributed by atoms with van der Waals surface area (Å²) < 4.78 is 0. The molecule has 0 aliphatic rings. The van der Waals surface area contributed by atoms with E-state index >= 15 is 0 Å². The molecule has 0 saturated carbocycles. The van der Waals surface area contributed by atoms with Crippen LogP contribution in [0, 0.1) is 0 Å². The van der Waals surface area contributed by atoms with Crippen LogP contribution in [0.15, 0.2) is 18.5 Å². The Bertz CT molecular complexity index is 252. The van der Waals surface area contributed by atoms with Crippen LogP contribution < -0.4 is 11.1 Å². The van der Waals surface area contributed by atoms with Gasteiger partial charge < -0.3 is 16.2 Å². The maximum Gasteiger partial charge on any atom is 0.0949 e. The second-order valence-electron chi connectivity index (χ2n) is 2.58. The molecule has 1 aromatic heterocycles. The smallest absolute Gasteiger partial charge is 0.0949 e. The summed E-state index contributed by atoms with van der Waals surface area (Å²) in [5.41, 5.74) is 6.87. The fourth-order valence-electron chi connectivity index (χ4n) is 0.999. The van der Waals surface area contributed by atoms with Crippen LogP contribution in [0.3, 0.4) is 0 Å². The molecular weight excluding hydrogens is 154 g/mol. The summed E-state index contributed by atoms with van der Waals surface area (Å²) in [6, 6.07) is 1.67. The van der Waals surface area contributed by atoms with Crippen molar-refractivity contribution >= 4 is 5.69 Å². The average Bonchev–Trinajstić information content (AvgIpc) is 2.05. The molecule has 1 heterocycles. The van der Waals surface area contributed by atoms with Crippen LogP contribution in [0.4, 0.5) is 5.69 Å². The Labute approximate surface area is 71.4 Å². The summed E-state index contributed by atoms with van der Waals surface area (Å²) in [5, 5.41) is 12.4. The number of aliphatic hydroxyl groups is 1. The van der Waals surface area contributed by atoms with E-state index in [9.17, 15) is 5.11 Å². The van der Waals surface area contributed by atoms with Gasteiger partial charge in [0.05, 0.1) is 6.10 Å². The summed E-state index contributed by atoms with van der Waals surface area (Å²) >= 11 is 0. The van der Waals surface area contributed by atoms with Gasteiger partial charge in [0.25, 0.3) is 0 Å². The molecule has 0 aliphatic heterocycles. The minimum absolute atomic E-state index is 0.482. The number of pyridine rings is 1. The number of hydrogen-bond acceptors (Lipinski definition) is 4. The van der Waals surface area contributed by atoms with Crippen LogP contribution in [0.25, 0.3) is 0 Å². The highest BCUT2D eigenvalue weighted by atomic mass is 16.3. The van der Waals surface area contributed by atoms with Crippen LogP contribution in [0.5, 0.6) is 0 Å². The first-order valence-corrected chi connectivity index (χ1v) is 3.77. The van der Waals surface area contributed by atoms with Crippen molar-refractivity contribution in [3.8, 4) is 0 Å². The first kappa shape index (κ1) is 8.96. The summed E-state index contributed by atoms with van der Waals surface area (Å²) in [6.07, 6.45) is 2.60. The van der Waals surface area contributed by atoms with Crippen molar-refractivity contribution in [1.29, 1.82) is 0 Å². The van der Waals surface area contributed by atoms with E-state index in [-0.39, 0.29) is 0 Å². The molecule has 0 amide bonds. The molecule has 0 radical (unpaired) electrons. The van der Waals surface area contributed by atoms with Gasteiger partial charge in [-0.1, -0.05) is 0 Å². The van der Waals surface area contributed by atoms with E-state index < -0.39 is 6.10 Å². The van der Waals surface area contributed by atoms with E-state index in [1.165, 1.54) is 0 Å². The average molecular weight is 167 g/mol. The van der Waals surface area contributed by atoms with Crippen molar-refractivity contribution in [2.45, 2.75) is 6.10 Å². The molecule has 66 valence electrons. The molecule has 0 aromatic carbocycles. The predicted molar refractivity (Wildman–Crippen MR) is 47.5 cm³/mol. The number of rotatable bonds is 3. The number of nitrogens with one attached hydrogen (secondary N) is 1. The minimum atomic E-state index is -0.580. The number of nitrogen functional groups attached to an aromatic ring is 1. The zero-order chi connectivity index (χ0) is 8.97. The Morgan fingerprint density at radius 2 is 2.50 bits per heavy atom. The number of aromatic nitrogens is 1. The number of nitrogens with zero attached hydrogens (tertiary/aromatic N) is 1. The van der Waals surface area contributed by atoms with Gasteiger partial charge in [0.15, 0.2) is 0 Å². The van der Waals surface area contributed by atoms with Crippen molar-refractivity contribution < 1.29 is 5.11 Å². The summed E-state index contributed by atoms with van der Waals surface area (Å²) in [7, 11) is 1.77. The van der Waals surface area contributed by atoms with Gasteiger partial charge in [0.1, 0.15) is 0 Å². The first-order valence-electron chi connectivity index (χ1n) is 3.77. The molecule has 4 N–H and O–H groups in total. The minimum Gasteiger partial charge on any atom is -0.398 e. The van der Waals surface area contributed by atoms with Crippen LogP contribution in [0.2, 0.25) is 0 Å². The molecule has 4 nitrogen and oxygen atoms in total. The maximum absolute atomic E-state index is 9.52. The lowest BCUT2D eigenvalue weighted by atomic mass is 10.1. The SMILES string of the molecule is CNCC(O)c1cnccc1N. The molecule has 1 atom stereocenters. The van der Waals surface area contributed by atoms with Crippen LogP contribution in [-0.4, -0.2) is 23.7 Å². The highest BCUT2D eigenvalue weighted by Gasteiger charge is 2.08. The summed E-state index contributed by atoms with van der Waals surface area (Å²) in [4.78, 5) is 3.88. The van der Waals surface area contributed by atoms with Crippen molar-refractivity contribution in [3.63, 3.8) is 0 Å². The molecule has 4 heteroatoms. The third-order valence-corrected chi connectivity index (χ3v) is 1.64. The second kappa shape index (κ2) is 4.04. The van der Waals surface area contributed by atoms with E-state index in [2.05, 4.69) is 10.3 Å². The Balaban J connectivity index is 2.79. The van der Waals surface area contributed by atoms with Crippen LogP contribution in [-0.2, 0) is 0 Å². The van der Waals surface area contributed by atoms with Crippen LogP contribution >= 0.6 is 0 Å². The third kappa shape index (κ3) is 1.93. The number of aliphatic hydroxyl groups excluding tert-OH is 1. The lowest BCUT2D eigenvalue weighted by molar-refractivity contribution is 0.178. The first-order chi connectivity index (χ1) is 5.75. The standard InChI is InChI=1S/C8H13N3O/c1-10-5-8(12)6-4-11-3-2-7(6)9/h2-4,8,10,12H,5H2,1H3,(H2,9,11). The molecular formula is C8H13N3O. The van der Waals surface area contributed by atoms with Gasteiger partial charge in [0, 0.05) is 30.2 Å². The lowest BCUT2D eigenvalue weighted by Gasteiger charge is -2.11. The van der Waals surface area contributed by atoms with Gasteiger partial charge >= 0.3 is 0 Å². The van der Waals surface area contributed by atoms with Gasteiger partial charge in [-0.3, -0.25) is 4.98 Å². The van der Waals surface area contributed by atoms with Gasteiger partial charge in [-0.15, -0.1) is 0 Å². The molecule has 12 heavy (non-hydrogen) atoms. The van der Waals surface area contributed by atoms with Crippen molar-refractivity contribution in [3.05, 3.63) is 24.0 Å². The molecule has 0 fully saturated rings. The van der Waals surface area contributed by atoms with Gasteiger partial charge in [0.2, 0.25) is 0 Å². The van der Waals surface area contributed by atoms with Crippen molar-refractivity contribution in [2.75, 3.05) is 19.3 Å². The normalized spacial score (nSPS) is 12.8. The number of likely N-dealkylation sites (N-methyl/N-ethyl adjacent to an activating group) is 1. The van der Waals surface area contributed by atoms with E-state index in [1.54, 1.807) is 25.5 Å². The molecule has 0 aliphatic carbocycles. The van der Waals surface area contributed by atoms with E-state index in [4.69, 9.17) is 5.73 Å². The van der Waals surface area contributed by atoms with Crippen molar-refractivity contribution in [2.24, 2.45) is 0 Å². The predicted octanol–water partition coefficient (Wildman–Crippen LogP) is -0.0834. The monoisotopic (exact) mass is 167 g/mol. The topological polar surface area (TPSA) is 71.2 Å². The maximum atomic E-state index is 9.52. The molecule has 1 aromatic rings. The van der Waals surface area contributed by atoms with Crippen LogP contribution in [0.1, 0.15) is 11.7 Å². The Kier molecular flexibility index (Phi) is 3.01. The number of hydrogen-bond donors (Lipinski definition) is 3. The highest BCUT2D eigenvalue weighted by molar-refractivity contribution is 5.45. The largest absolute Gasteiger partial charge is 0.398 e. The molecule has 1 unspecified atom stereocenters. The molecule has 1 rings (SSSR count). The Morgan fingerprint density at radius 3 is 3.08 bits per heavy atom. The zero-order valence-corrected chi connectivity index (χ0v) is 6.99. The lowest BCUT2D eigenvalue weighted by Crippen LogP contribution is -2.17. The Hall–Kier alpha value is -1.13. The number of nitrogens with two attached hydrogens (primary N) is 1. The summed E-state index contributed by atoms with van der Waals surface area (Å²) in [6.45, 7) is 0.482. The van der Waals surface area contributed by atoms with E-state index in [0.717, 1.165) is 0 Å². The molecule has 0 bridgehead atoms. The second-order valence-corrected chi connectivity index (χ2v) is 2.58. The highest BCUT2D eigenvalue weighted by Crippen LogP contribution is 2.17. The number of anilines is 1. The quantitative estimate of drug-likeness (QED) is 0.588. The zero-order valence-electron chi connectivity index (χ0n) is 6.99. The fraction of sp³-hybridized carbons (Fsp3) is 0.375. The van der Waals surface area contributed by atoms with Crippen molar-refractivity contribution in [1.82, 2.24) is 10.3 Å². The van der Waals surface area contributed by atoms with Gasteiger partial charge in [-0.25, -0.2) is 0 Å². The van der Waals surface area contributed by atoms with E-state index in [1.807, 2.05) is 0 Å². The molecule has 0 spiro atoms. The molecule has 0 saturated heterocycles. The van der Waals surface area contributed by atoms with E-state index in [0.29, 0.717) is 17.8 Å².